The molecule has 1 aliphatic heterocycles. The van der Waals surface area contributed by atoms with Crippen LogP contribution in [0.15, 0.2) is 67.1 Å². The Morgan fingerprint density at radius 3 is 2.63 bits per heavy atom. The molecular weight excluding hydrogens is 374 g/mol. The number of aliphatic hydroxyl groups excluding tert-OH is 1. The Kier molecular flexibility index (Phi) is 5.15. The van der Waals surface area contributed by atoms with Crippen molar-refractivity contribution in [2.75, 3.05) is 24.6 Å². The Hall–Kier alpha value is -3.25. The Labute approximate surface area is 175 Å². The fourth-order valence-electron chi connectivity index (χ4n) is 4.19. The third-order valence-corrected chi connectivity index (χ3v) is 5.86. The van der Waals surface area contributed by atoms with Crippen LogP contribution < -0.4 is 4.90 Å². The molecule has 30 heavy (non-hydrogen) atoms. The molecule has 1 N–H and O–H groups in total. The number of aromatic nitrogens is 4. The van der Waals surface area contributed by atoms with Gasteiger partial charge in [-0.3, -0.25) is 9.67 Å². The van der Waals surface area contributed by atoms with Gasteiger partial charge in [-0.2, -0.15) is 5.10 Å². The van der Waals surface area contributed by atoms with E-state index >= 15 is 0 Å². The summed E-state index contributed by atoms with van der Waals surface area (Å²) < 4.78 is 2.09. The number of para-hydroxylation sites is 2. The first-order valence-electron chi connectivity index (χ1n) is 10.5. The zero-order valence-corrected chi connectivity index (χ0v) is 16.9. The van der Waals surface area contributed by atoms with Crippen LogP contribution in [0.1, 0.15) is 24.4 Å². The molecule has 6 nitrogen and oxygen atoms in total. The van der Waals surface area contributed by atoms with E-state index in [0.717, 1.165) is 48.2 Å². The van der Waals surface area contributed by atoms with Crippen LogP contribution in [0, 0.1) is 0 Å². The maximum absolute atomic E-state index is 9.19. The van der Waals surface area contributed by atoms with Gasteiger partial charge in [-0.15, -0.1) is 0 Å². The Morgan fingerprint density at radius 2 is 1.80 bits per heavy atom. The van der Waals surface area contributed by atoms with Gasteiger partial charge >= 0.3 is 0 Å². The zero-order valence-electron chi connectivity index (χ0n) is 16.9. The minimum Gasteiger partial charge on any atom is -0.396 e. The van der Waals surface area contributed by atoms with E-state index in [1.165, 1.54) is 11.3 Å². The van der Waals surface area contributed by atoms with Crippen LogP contribution in [-0.2, 0) is 6.42 Å². The Bertz CT molecular complexity index is 1150. The lowest BCUT2D eigenvalue weighted by molar-refractivity contribution is 0.299. The number of anilines is 1. The van der Waals surface area contributed by atoms with Gasteiger partial charge in [0, 0.05) is 37.1 Å². The second kappa shape index (κ2) is 8.24. The van der Waals surface area contributed by atoms with E-state index in [9.17, 15) is 5.11 Å². The van der Waals surface area contributed by atoms with Crippen LogP contribution in [0.25, 0.3) is 22.3 Å². The molecule has 3 heterocycles. The summed E-state index contributed by atoms with van der Waals surface area (Å²) >= 11 is 0. The lowest BCUT2D eigenvalue weighted by atomic mass is 10.0. The summed E-state index contributed by atoms with van der Waals surface area (Å²) in [6.45, 7) is 2.19. The molecule has 4 aromatic rings. The van der Waals surface area contributed by atoms with Crippen molar-refractivity contribution in [1.82, 2.24) is 19.7 Å². The van der Waals surface area contributed by atoms with Gasteiger partial charge in [0.1, 0.15) is 0 Å². The number of nitrogens with zero attached hydrogens (tertiary/aromatic N) is 5. The predicted molar refractivity (Wildman–Crippen MR) is 118 cm³/mol. The summed E-state index contributed by atoms with van der Waals surface area (Å²) in [5.41, 5.74) is 6.10. The molecule has 1 saturated heterocycles. The topological polar surface area (TPSA) is 67.1 Å². The highest BCUT2D eigenvalue weighted by molar-refractivity contribution is 5.76. The van der Waals surface area contributed by atoms with E-state index in [2.05, 4.69) is 50.1 Å². The Morgan fingerprint density at radius 1 is 0.967 bits per heavy atom. The lowest BCUT2D eigenvalue weighted by Crippen LogP contribution is -2.34. The third-order valence-electron chi connectivity index (χ3n) is 5.86. The summed E-state index contributed by atoms with van der Waals surface area (Å²) in [5, 5.41) is 13.8. The van der Waals surface area contributed by atoms with E-state index in [0.29, 0.717) is 12.5 Å². The monoisotopic (exact) mass is 399 g/mol. The maximum atomic E-state index is 9.19. The van der Waals surface area contributed by atoms with Crippen LogP contribution in [0.3, 0.4) is 0 Å². The van der Waals surface area contributed by atoms with Crippen molar-refractivity contribution in [2.45, 2.75) is 25.3 Å². The second-order valence-electron chi connectivity index (χ2n) is 7.81. The van der Waals surface area contributed by atoms with Gasteiger partial charge in [0.15, 0.2) is 0 Å². The number of piperidine rings is 1. The molecule has 0 spiro atoms. The van der Waals surface area contributed by atoms with Gasteiger partial charge in [0.05, 0.1) is 35.2 Å². The first kappa shape index (κ1) is 18.8. The van der Waals surface area contributed by atoms with Crippen molar-refractivity contribution in [2.24, 2.45) is 0 Å². The molecule has 0 unspecified atom stereocenters. The molecule has 0 radical (unpaired) electrons. The van der Waals surface area contributed by atoms with Crippen LogP contribution in [0.5, 0.6) is 0 Å². The van der Waals surface area contributed by atoms with Crippen LogP contribution >= 0.6 is 0 Å². The summed E-state index contributed by atoms with van der Waals surface area (Å²) in [5.74, 6) is 0. The van der Waals surface area contributed by atoms with Gasteiger partial charge in [0.2, 0.25) is 0 Å². The SMILES string of the molecule is OCCc1cccc(N2CCC(n3cc(-c4cnc5ccccc5n4)cn3)CC2)c1. The minimum absolute atomic E-state index is 0.189. The molecule has 0 bridgehead atoms. The summed E-state index contributed by atoms with van der Waals surface area (Å²) in [6, 6.07) is 16.8. The average Bonchev–Trinajstić information content (AvgIpc) is 3.30. The van der Waals surface area contributed by atoms with Gasteiger partial charge in [0.25, 0.3) is 0 Å². The number of benzene rings is 2. The largest absolute Gasteiger partial charge is 0.396 e. The number of aliphatic hydroxyl groups is 1. The number of hydrogen-bond donors (Lipinski definition) is 1. The molecule has 1 aliphatic rings. The maximum Gasteiger partial charge on any atom is 0.0924 e. The van der Waals surface area contributed by atoms with Gasteiger partial charge in [-0.1, -0.05) is 24.3 Å². The van der Waals surface area contributed by atoms with Gasteiger partial charge in [-0.25, -0.2) is 4.98 Å². The highest BCUT2D eigenvalue weighted by Crippen LogP contribution is 2.28. The number of fused-ring (bicyclic) bond motifs is 1. The fraction of sp³-hybridized carbons (Fsp3) is 0.292. The third kappa shape index (κ3) is 3.78. The van der Waals surface area contributed by atoms with E-state index in [1.54, 1.807) is 0 Å². The normalized spacial score (nSPS) is 15.0. The standard InChI is InChI=1S/C24H25N5O/c30-13-10-18-4-3-5-21(14-18)28-11-8-20(9-12-28)29-17-19(15-26-29)24-16-25-22-6-1-2-7-23(22)27-24/h1-7,14-17,20,30H,8-13H2. The lowest BCUT2D eigenvalue weighted by Gasteiger charge is -2.34. The smallest absolute Gasteiger partial charge is 0.0924 e. The van der Waals surface area contributed by atoms with Crippen molar-refractivity contribution in [3.8, 4) is 11.3 Å². The van der Waals surface area contributed by atoms with E-state index in [-0.39, 0.29) is 6.61 Å². The van der Waals surface area contributed by atoms with Crippen molar-refractivity contribution in [3.63, 3.8) is 0 Å². The van der Waals surface area contributed by atoms with Crippen molar-refractivity contribution >= 4 is 16.7 Å². The molecular formula is C24H25N5O. The van der Waals surface area contributed by atoms with Crippen molar-refractivity contribution in [1.29, 1.82) is 0 Å². The minimum atomic E-state index is 0.189. The number of hydrogen-bond acceptors (Lipinski definition) is 5. The first-order valence-corrected chi connectivity index (χ1v) is 10.5. The van der Waals surface area contributed by atoms with Crippen LogP contribution in [-0.4, -0.2) is 44.6 Å². The van der Waals surface area contributed by atoms with Crippen LogP contribution in [0.2, 0.25) is 0 Å². The fourth-order valence-corrected chi connectivity index (χ4v) is 4.19. The zero-order chi connectivity index (χ0) is 20.3. The van der Waals surface area contributed by atoms with E-state index < -0.39 is 0 Å². The molecule has 152 valence electrons. The quantitative estimate of drug-likeness (QED) is 0.552. The highest BCUT2D eigenvalue weighted by Gasteiger charge is 2.22. The molecule has 6 heteroatoms. The Balaban J connectivity index is 1.28. The first-order chi connectivity index (χ1) is 14.8. The van der Waals surface area contributed by atoms with Gasteiger partial charge in [-0.05, 0) is 49.1 Å². The highest BCUT2D eigenvalue weighted by atomic mass is 16.2. The van der Waals surface area contributed by atoms with Gasteiger partial charge < -0.3 is 10.0 Å². The van der Waals surface area contributed by atoms with Crippen molar-refractivity contribution < 1.29 is 5.11 Å². The predicted octanol–water partition coefficient (Wildman–Crippen LogP) is 3.87. The van der Waals surface area contributed by atoms with E-state index in [4.69, 9.17) is 4.98 Å². The summed E-state index contributed by atoms with van der Waals surface area (Å²) in [7, 11) is 0. The van der Waals surface area contributed by atoms with E-state index in [1.807, 2.05) is 36.7 Å². The molecule has 0 saturated carbocycles. The summed E-state index contributed by atoms with van der Waals surface area (Å²) in [4.78, 5) is 11.7. The molecule has 0 aliphatic carbocycles. The summed E-state index contributed by atoms with van der Waals surface area (Å²) in [6.07, 6.45) is 8.62. The average molecular weight is 399 g/mol. The van der Waals surface area contributed by atoms with Crippen LogP contribution in [0.4, 0.5) is 5.69 Å². The molecule has 2 aromatic carbocycles. The molecule has 0 amide bonds. The molecule has 1 fully saturated rings. The second-order valence-corrected chi connectivity index (χ2v) is 7.81. The molecule has 2 aromatic heterocycles. The molecule has 5 rings (SSSR count). The van der Waals surface area contributed by atoms with Crippen molar-refractivity contribution in [3.05, 3.63) is 72.7 Å². The molecule has 0 atom stereocenters. The number of rotatable bonds is 5.